The van der Waals surface area contributed by atoms with Crippen molar-refractivity contribution in [2.45, 2.75) is 26.3 Å². The van der Waals surface area contributed by atoms with Gasteiger partial charge >= 0.3 is 0 Å². The Morgan fingerprint density at radius 3 is 2.54 bits per heavy atom. The number of nitrogens with zero attached hydrogens (tertiary/aromatic N) is 1. The molecule has 0 aliphatic rings. The van der Waals surface area contributed by atoms with Gasteiger partial charge in [0.1, 0.15) is 17.4 Å². The highest BCUT2D eigenvalue weighted by atomic mass is 16.5. The van der Waals surface area contributed by atoms with Crippen LogP contribution in [0.3, 0.4) is 0 Å². The summed E-state index contributed by atoms with van der Waals surface area (Å²) in [5.74, 6) is 0.202. The van der Waals surface area contributed by atoms with E-state index >= 15 is 0 Å². The first-order valence-electron chi connectivity index (χ1n) is 8.48. The number of para-hydroxylation sites is 2. The summed E-state index contributed by atoms with van der Waals surface area (Å²) in [4.78, 5) is 12.4. The van der Waals surface area contributed by atoms with Gasteiger partial charge in [-0.15, -0.1) is 0 Å². The van der Waals surface area contributed by atoms with Crippen molar-refractivity contribution >= 4 is 11.6 Å². The van der Waals surface area contributed by atoms with Gasteiger partial charge in [0.2, 0.25) is 0 Å². The molecule has 0 bridgehead atoms. The fourth-order valence-corrected chi connectivity index (χ4v) is 2.46. The molecule has 0 saturated carbocycles. The SMILES string of the molecule is CCc1ccc(C(C)NC(=O)/C(C#N)=C\Nc2ccccc2OC)cc1. The molecule has 2 aromatic rings. The van der Waals surface area contributed by atoms with Crippen molar-refractivity contribution in [3.8, 4) is 11.8 Å². The summed E-state index contributed by atoms with van der Waals surface area (Å²) in [6.07, 6.45) is 2.36. The van der Waals surface area contributed by atoms with Gasteiger partial charge in [0.25, 0.3) is 5.91 Å². The van der Waals surface area contributed by atoms with Crippen LogP contribution in [0.4, 0.5) is 5.69 Å². The van der Waals surface area contributed by atoms with Gasteiger partial charge in [-0.2, -0.15) is 5.26 Å². The Labute approximate surface area is 154 Å². The number of rotatable bonds is 7. The lowest BCUT2D eigenvalue weighted by atomic mass is 10.0. The van der Waals surface area contributed by atoms with E-state index in [9.17, 15) is 10.1 Å². The van der Waals surface area contributed by atoms with Crippen molar-refractivity contribution in [2.24, 2.45) is 0 Å². The number of aryl methyl sites for hydroxylation is 1. The number of nitrogens with one attached hydrogen (secondary N) is 2. The smallest absolute Gasteiger partial charge is 0.263 e. The summed E-state index contributed by atoms with van der Waals surface area (Å²) in [7, 11) is 1.56. The summed E-state index contributed by atoms with van der Waals surface area (Å²) in [6, 6.07) is 17.1. The Balaban J connectivity index is 2.06. The van der Waals surface area contributed by atoms with Crippen LogP contribution in [0.1, 0.15) is 31.0 Å². The van der Waals surface area contributed by atoms with Crippen LogP contribution in [0, 0.1) is 11.3 Å². The minimum absolute atomic E-state index is 0.00654. The lowest BCUT2D eigenvalue weighted by molar-refractivity contribution is -0.117. The summed E-state index contributed by atoms with van der Waals surface area (Å²) in [6.45, 7) is 3.99. The average molecular weight is 349 g/mol. The van der Waals surface area contributed by atoms with Crippen LogP contribution >= 0.6 is 0 Å². The topological polar surface area (TPSA) is 74.2 Å². The van der Waals surface area contributed by atoms with Crippen molar-refractivity contribution in [3.63, 3.8) is 0 Å². The Kier molecular flexibility index (Phi) is 6.81. The molecule has 0 fully saturated rings. The number of amides is 1. The molecule has 5 heteroatoms. The predicted octanol–water partition coefficient (Wildman–Crippen LogP) is 3.95. The van der Waals surface area contributed by atoms with E-state index in [2.05, 4.69) is 17.6 Å². The van der Waals surface area contributed by atoms with Crippen molar-refractivity contribution in [1.82, 2.24) is 5.32 Å². The van der Waals surface area contributed by atoms with Crippen molar-refractivity contribution < 1.29 is 9.53 Å². The van der Waals surface area contributed by atoms with Crippen LogP contribution in [-0.4, -0.2) is 13.0 Å². The number of carbonyl (C=O) groups excluding carboxylic acids is 1. The first-order valence-corrected chi connectivity index (χ1v) is 8.48. The van der Waals surface area contributed by atoms with Gasteiger partial charge in [0.05, 0.1) is 18.8 Å². The predicted molar refractivity (Wildman–Crippen MR) is 103 cm³/mol. The Morgan fingerprint density at radius 1 is 1.23 bits per heavy atom. The van der Waals surface area contributed by atoms with E-state index < -0.39 is 5.91 Å². The Bertz CT molecular complexity index is 820. The second-order valence-corrected chi connectivity index (χ2v) is 5.80. The van der Waals surface area contributed by atoms with Crippen LogP contribution < -0.4 is 15.4 Å². The highest BCUT2D eigenvalue weighted by Gasteiger charge is 2.14. The zero-order chi connectivity index (χ0) is 18.9. The summed E-state index contributed by atoms with van der Waals surface area (Å²) < 4.78 is 5.24. The molecule has 5 nitrogen and oxygen atoms in total. The third-order valence-electron chi connectivity index (χ3n) is 4.08. The fraction of sp³-hybridized carbons (Fsp3) is 0.238. The van der Waals surface area contributed by atoms with Crippen molar-refractivity contribution in [1.29, 1.82) is 5.26 Å². The van der Waals surface area contributed by atoms with Gasteiger partial charge in [-0.1, -0.05) is 43.3 Å². The number of methoxy groups -OCH3 is 1. The molecule has 0 aromatic heterocycles. The molecule has 0 heterocycles. The molecule has 1 unspecified atom stereocenters. The standard InChI is InChI=1S/C21H23N3O2/c1-4-16-9-11-17(12-10-16)15(2)24-21(25)18(13-22)14-23-19-7-5-6-8-20(19)26-3/h5-12,14-15,23H,4H2,1-3H3,(H,24,25)/b18-14-. The molecule has 2 N–H and O–H groups in total. The molecule has 0 saturated heterocycles. The third-order valence-corrected chi connectivity index (χ3v) is 4.08. The number of hydrogen-bond donors (Lipinski definition) is 2. The fourth-order valence-electron chi connectivity index (χ4n) is 2.46. The van der Waals surface area contributed by atoms with E-state index in [-0.39, 0.29) is 11.6 Å². The average Bonchev–Trinajstić information content (AvgIpc) is 2.68. The quantitative estimate of drug-likeness (QED) is 0.586. The second kappa shape index (κ2) is 9.28. The normalized spacial score (nSPS) is 12.0. The molecular formula is C21H23N3O2. The summed E-state index contributed by atoms with van der Waals surface area (Å²) in [5, 5.41) is 15.1. The number of anilines is 1. The maximum atomic E-state index is 12.4. The van der Waals surface area contributed by atoms with Crippen LogP contribution in [0.5, 0.6) is 5.75 Å². The maximum Gasteiger partial charge on any atom is 0.263 e. The largest absolute Gasteiger partial charge is 0.495 e. The van der Waals surface area contributed by atoms with E-state index in [1.807, 2.05) is 49.4 Å². The van der Waals surface area contributed by atoms with Gasteiger partial charge in [-0.3, -0.25) is 4.79 Å². The van der Waals surface area contributed by atoms with Crippen LogP contribution in [0.15, 0.2) is 60.3 Å². The summed E-state index contributed by atoms with van der Waals surface area (Å²) >= 11 is 0. The molecule has 134 valence electrons. The Hall–Kier alpha value is -3.26. The summed E-state index contributed by atoms with van der Waals surface area (Å²) in [5.41, 5.74) is 2.91. The maximum absolute atomic E-state index is 12.4. The van der Waals surface area contributed by atoms with E-state index in [1.165, 1.54) is 11.8 Å². The molecule has 1 amide bonds. The van der Waals surface area contributed by atoms with Gasteiger partial charge in [-0.25, -0.2) is 0 Å². The number of nitriles is 1. The number of hydrogen-bond acceptors (Lipinski definition) is 4. The van der Waals surface area contributed by atoms with Gasteiger partial charge in [0.15, 0.2) is 0 Å². The van der Waals surface area contributed by atoms with E-state index in [0.29, 0.717) is 11.4 Å². The number of carbonyl (C=O) groups is 1. The molecule has 0 aliphatic carbocycles. The molecule has 0 aliphatic heterocycles. The number of benzene rings is 2. The monoisotopic (exact) mass is 349 g/mol. The minimum Gasteiger partial charge on any atom is -0.495 e. The lowest BCUT2D eigenvalue weighted by Crippen LogP contribution is -2.28. The van der Waals surface area contributed by atoms with E-state index in [4.69, 9.17) is 4.74 Å². The van der Waals surface area contributed by atoms with Gasteiger partial charge in [0, 0.05) is 6.20 Å². The van der Waals surface area contributed by atoms with Crippen LogP contribution in [0.25, 0.3) is 0 Å². The molecule has 2 aromatic carbocycles. The molecular weight excluding hydrogens is 326 g/mol. The second-order valence-electron chi connectivity index (χ2n) is 5.80. The minimum atomic E-state index is -0.429. The third kappa shape index (κ3) is 4.87. The zero-order valence-electron chi connectivity index (χ0n) is 15.2. The van der Waals surface area contributed by atoms with E-state index in [0.717, 1.165) is 12.0 Å². The highest BCUT2D eigenvalue weighted by molar-refractivity contribution is 5.97. The van der Waals surface area contributed by atoms with Crippen molar-refractivity contribution in [3.05, 3.63) is 71.4 Å². The number of ether oxygens (including phenoxy) is 1. The molecule has 2 rings (SSSR count). The first kappa shape index (κ1) is 19.1. The van der Waals surface area contributed by atoms with E-state index in [1.54, 1.807) is 19.2 Å². The molecule has 1 atom stereocenters. The van der Waals surface area contributed by atoms with Gasteiger partial charge < -0.3 is 15.4 Å². The highest BCUT2D eigenvalue weighted by Crippen LogP contribution is 2.23. The lowest BCUT2D eigenvalue weighted by Gasteiger charge is -2.14. The van der Waals surface area contributed by atoms with Gasteiger partial charge in [-0.05, 0) is 36.6 Å². The molecule has 0 radical (unpaired) electrons. The Morgan fingerprint density at radius 2 is 1.92 bits per heavy atom. The van der Waals surface area contributed by atoms with Crippen LogP contribution in [-0.2, 0) is 11.2 Å². The van der Waals surface area contributed by atoms with Crippen LogP contribution in [0.2, 0.25) is 0 Å². The first-order chi connectivity index (χ1) is 12.6. The van der Waals surface area contributed by atoms with Crippen molar-refractivity contribution in [2.75, 3.05) is 12.4 Å². The molecule has 0 spiro atoms. The zero-order valence-corrected chi connectivity index (χ0v) is 15.2. The molecule has 26 heavy (non-hydrogen) atoms.